The topological polar surface area (TPSA) is 263 Å². The number of carbonyl (C=O) groups is 7. The van der Waals surface area contributed by atoms with E-state index in [4.69, 9.17) is 45.3 Å². The fourth-order valence-corrected chi connectivity index (χ4v) is 5.55. The highest BCUT2D eigenvalue weighted by Gasteiger charge is 2.40. The Morgan fingerprint density at radius 1 is 0.591 bits per heavy atom. The van der Waals surface area contributed by atoms with E-state index in [1.54, 1.807) is 17.0 Å². The average Bonchev–Trinajstić information content (AvgIpc) is 3.32. The number of anilines is 3. The number of para-hydroxylation sites is 3. The number of piperidine rings is 1. The molecule has 0 saturated carbocycles. The number of hydrogen-bond donors (Lipinski definition) is 7. The Morgan fingerprint density at radius 2 is 0.970 bits per heavy atom. The zero-order valence-corrected chi connectivity index (χ0v) is 33.7. The molecule has 0 atom stereocenters. The Balaban J connectivity index is 0.000000629. The molecule has 5 rings (SSSR count). The summed E-state index contributed by atoms with van der Waals surface area (Å²) >= 11 is 0. The molecule has 370 valence electrons. The van der Waals surface area contributed by atoms with Gasteiger partial charge in [0.15, 0.2) is 0 Å². The first-order valence-electron chi connectivity index (χ1n) is 18.5. The van der Waals surface area contributed by atoms with Gasteiger partial charge in [0.25, 0.3) is 5.91 Å². The lowest BCUT2D eigenvalue weighted by Gasteiger charge is -2.35. The maximum absolute atomic E-state index is 13.7. The Kier molecular flexibility index (Phi) is 22.3. The smallest absolute Gasteiger partial charge is 0.475 e. The van der Waals surface area contributed by atoms with Gasteiger partial charge in [0, 0.05) is 58.4 Å². The Hall–Kier alpha value is -6.27. The number of aliphatic carboxylic acids is 4. The van der Waals surface area contributed by atoms with E-state index in [1.807, 2.05) is 36.4 Å². The van der Waals surface area contributed by atoms with Gasteiger partial charge in [-0.3, -0.25) is 34.0 Å². The predicted octanol–water partition coefficient (Wildman–Crippen LogP) is 3.61. The van der Waals surface area contributed by atoms with Crippen molar-refractivity contribution >= 4 is 58.7 Å². The lowest BCUT2D eigenvalue weighted by Crippen LogP contribution is -2.52. The van der Waals surface area contributed by atoms with Gasteiger partial charge in [-0.05, 0) is 37.1 Å². The zero-order chi connectivity index (χ0) is 50.8. The standard InChI is InChI=1S/C28H37N7O3.4C2HF3O2/c29-11-14-32-15-17-34(18-16-32)19-26(36)30-21-9-12-33(13-10-21)20-27(37)35-24-7-3-1-5-22(24)28(38)31-23-6-2-4-8-25(23)35;4*3-2(4,5)1(6)7/h1-8,21H,9-20,29H2,(H,30,36)(H,31,38);4*(H,6,7). The molecule has 2 saturated heterocycles. The summed E-state index contributed by atoms with van der Waals surface area (Å²) in [6.45, 7) is 7.37. The van der Waals surface area contributed by atoms with Crippen molar-refractivity contribution in [3.05, 3.63) is 54.1 Å². The molecule has 0 unspecified atom stereocenters. The van der Waals surface area contributed by atoms with Crippen LogP contribution in [0, 0.1) is 0 Å². The third-order valence-corrected chi connectivity index (χ3v) is 8.59. The van der Waals surface area contributed by atoms with Gasteiger partial charge in [-0.25, -0.2) is 19.2 Å². The van der Waals surface area contributed by atoms with Crippen molar-refractivity contribution < 1.29 is 107 Å². The van der Waals surface area contributed by atoms with Crippen LogP contribution in [0.2, 0.25) is 0 Å². The van der Waals surface area contributed by atoms with Crippen molar-refractivity contribution in [1.29, 1.82) is 0 Å². The number of fused-ring (bicyclic) bond motifs is 2. The molecule has 30 heteroatoms. The van der Waals surface area contributed by atoms with Gasteiger partial charge in [-0.2, -0.15) is 52.7 Å². The van der Waals surface area contributed by atoms with Crippen LogP contribution in [-0.2, 0) is 28.8 Å². The molecule has 2 fully saturated rings. The van der Waals surface area contributed by atoms with Crippen molar-refractivity contribution in [3.8, 4) is 0 Å². The van der Waals surface area contributed by atoms with Gasteiger partial charge in [0.1, 0.15) is 0 Å². The summed E-state index contributed by atoms with van der Waals surface area (Å²) in [5.74, 6) is -11.3. The van der Waals surface area contributed by atoms with Crippen LogP contribution in [-0.4, -0.2) is 173 Å². The molecule has 0 spiro atoms. The molecule has 3 amide bonds. The highest BCUT2D eigenvalue weighted by Crippen LogP contribution is 2.38. The molecule has 3 heterocycles. The van der Waals surface area contributed by atoms with Crippen molar-refractivity contribution in [3.63, 3.8) is 0 Å². The molecule has 0 aliphatic carbocycles. The van der Waals surface area contributed by atoms with Gasteiger partial charge in [0.2, 0.25) is 11.8 Å². The summed E-state index contributed by atoms with van der Waals surface area (Å²) in [6.07, 6.45) is -18.7. The Morgan fingerprint density at radius 3 is 1.39 bits per heavy atom. The molecule has 8 N–H and O–H groups in total. The maximum atomic E-state index is 13.7. The second kappa shape index (κ2) is 25.4. The number of carboxylic acid groups (broad SMARTS) is 4. The number of nitrogens with zero attached hydrogens (tertiary/aromatic N) is 4. The lowest BCUT2D eigenvalue weighted by atomic mass is 10.0. The Labute approximate surface area is 364 Å². The van der Waals surface area contributed by atoms with E-state index >= 15 is 0 Å². The molecule has 3 aliphatic heterocycles. The van der Waals surface area contributed by atoms with Gasteiger partial charge in [-0.1, -0.05) is 24.3 Å². The number of halogens is 12. The number of amides is 3. The average molecular weight is 976 g/mol. The number of hydrogen-bond acceptors (Lipinski definition) is 11. The first kappa shape index (κ1) is 57.7. The fraction of sp³-hybridized carbons (Fsp3) is 0.472. The third-order valence-electron chi connectivity index (χ3n) is 8.59. The van der Waals surface area contributed by atoms with E-state index in [0.29, 0.717) is 35.7 Å². The first-order valence-corrected chi connectivity index (χ1v) is 18.5. The van der Waals surface area contributed by atoms with Gasteiger partial charge in [-0.15, -0.1) is 0 Å². The minimum Gasteiger partial charge on any atom is -0.475 e. The number of piperazine rings is 1. The number of carboxylic acids is 4. The monoisotopic (exact) mass is 975 g/mol. The molecule has 3 aliphatic rings. The van der Waals surface area contributed by atoms with E-state index in [0.717, 1.165) is 58.7 Å². The van der Waals surface area contributed by atoms with E-state index in [2.05, 4.69) is 25.3 Å². The second-order valence-electron chi connectivity index (χ2n) is 13.5. The number of rotatable bonds is 7. The fourth-order valence-electron chi connectivity index (χ4n) is 5.55. The largest absolute Gasteiger partial charge is 0.490 e. The van der Waals surface area contributed by atoms with Crippen molar-refractivity contribution in [2.24, 2.45) is 5.73 Å². The van der Waals surface area contributed by atoms with Crippen LogP contribution >= 0.6 is 0 Å². The quantitative estimate of drug-likeness (QED) is 0.196. The second-order valence-corrected chi connectivity index (χ2v) is 13.5. The minimum atomic E-state index is -5.08. The number of nitrogens with two attached hydrogens (primary N) is 1. The molecular formula is C36H41F12N7O11. The van der Waals surface area contributed by atoms with Crippen LogP contribution < -0.4 is 21.3 Å². The SMILES string of the molecule is NCCN1CCN(CC(=O)NC2CCN(CC(=O)N3c4ccccc4NC(=O)c4ccccc43)CC2)CC1.O=C(O)C(F)(F)F.O=C(O)C(F)(F)F.O=C(O)C(F)(F)F.O=C(O)C(F)(F)F. The lowest BCUT2D eigenvalue weighted by molar-refractivity contribution is -0.193. The number of likely N-dealkylation sites (tertiary alicyclic amines) is 1. The number of benzene rings is 2. The van der Waals surface area contributed by atoms with E-state index in [9.17, 15) is 67.1 Å². The first-order chi connectivity index (χ1) is 30.3. The van der Waals surface area contributed by atoms with E-state index < -0.39 is 48.6 Å². The van der Waals surface area contributed by atoms with Gasteiger partial charge >= 0.3 is 48.6 Å². The predicted molar refractivity (Wildman–Crippen MR) is 202 cm³/mol. The van der Waals surface area contributed by atoms with E-state index in [-0.39, 0.29) is 30.3 Å². The molecule has 0 aromatic heterocycles. The molecule has 18 nitrogen and oxygen atoms in total. The Bertz CT molecular complexity index is 1870. The maximum Gasteiger partial charge on any atom is 0.490 e. The minimum absolute atomic E-state index is 0.0711. The van der Waals surface area contributed by atoms with Crippen molar-refractivity contribution in [2.75, 3.05) is 75.7 Å². The normalized spacial score (nSPS) is 15.9. The zero-order valence-electron chi connectivity index (χ0n) is 33.7. The summed E-state index contributed by atoms with van der Waals surface area (Å²) in [5, 5.41) is 34.6. The van der Waals surface area contributed by atoms with Crippen LogP contribution in [0.1, 0.15) is 23.2 Å². The van der Waals surface area contributed by atoms with Crippen LogP contribution in [0.3, 0.4) is 0 Å². The highest BCUT2D eigenvalue weighted by molar-refractivity contribution is 6.18. The summed E-state index contributed by atoms with van der Waals surface area (Å²) in [4.78, 5) is 83.0. The van der Waals surface area contributed by atoms with Crippen molar-refractivity contribution in [1.82, 2.24) is 20.0 Å². The molecule has 0 radical (unpaired) electrons. The molecule has 2 aromatic carbocycles. The molecule has 66 heavy (non-hydrogen) atoms. The molecular weight excluding hydrogens is 934 g/mol. The van der Waals surface area contributed by atoms with E-state index in [1.165, 1.54) is 0 Å². The number of carbonyl (C=O) groups excluding carboxylic acids is 3. The number of alkyl halides is 12. The van der Waals surface area contributed by atoms with Crippen molar-refractivity contribution in [2.45, 2.75) is 43.6 Å². The molecule has 2 aromatic rings. The van der Waals surface area contributed by atoms with Gasteiger partial charge in [0.05, 0.1) is 35.7 Å². The van der Waals surface area contributed by atoms with Crippen LogP contribution in [0.15, 0.2) is 48.5 Å². The summed E-state index contributed by atoms with van der Waals surface area (Å²) in [5.41, 5.74) is 7.99. The molecule has 0 bridgehead atoms. The van der Waals surface area contributed by atoms with Crippen LogP contribution in [0.5, 0.6) is 0 Å². The summed E-state index contributed by atoms with van der Waals surface area (Å²) < 4.78 is 127. The van der Waals surface area contributed by atoms with Crippen LogP contribution in [0.25, 0.3) is 0 Å². The number of nitrogens with one attached hydrogen (secondary N) is 2. The highest BCUT2D eigenvalue weighted by atomic mass is 19.4. The van der Waals surface area contributed by atoms with Crippen LogP contribution in [0.4, 0.5) is 69.7 Å². The summed E-state index contributed by atoms with van der Waals surface area (Å²) in [7, 11) is 0. The third kappa shape index (κ3) is 20.7. The van der Waals surface area contributed by atoms with Gasteiger partial charge < -0.3 is 36.8 Å². The summed E-state index contributed by atoms with van der Waals surface area (Å²) in [6, 6.07) is 14.7.